The maximum atomic E-state index is 8.94. The Morgan fingerprint density at radius 2 is 2.05 bits per heavy atom. The van der Waals surface area contributed by atoms with E-state index >= 15 is 0 Å². The van der Waals surface area contributed by atoms with Crippen LogP contribution in [0.25, 0.3) is 0 Å². The lowest BCUT2D eigenvalue weighted by Gasteiger charge is -2.07. The van der Waals surface area contributed by atoms with Crippen LogP contribution in [0, 0.1) is 11.3 Å². The Labute approximate surface area is 118 Å². The van der Waals surface area contributed by atoms with Crippen LogP contribution in [-0.2, 0) is 6.54 Å². The Kier molecular flexibility index (Phi) is 5.50. The number of aromatic nitrogens is 2. The molecule has 0 spiro atoms. The molecule has 0 saturated carbocycles. The quantitative estimate of drug-likeness (QED) is 0.750. The van der Waals surface area contributed by atoms with Crippen LogP contribution in [0.5, 0.6) is 0 Å². The van der Waals surface area contributed by atoms with E-state index < -0.39 is 0 Å². The Hall–Kier alpha value is -2.45. The van der Waals surface area contributed by atoms with Gasteiger partial charge in [-0.05, 0) is 36.7 Å². The molecule has 2 aromatic heterocycles. The number of anilines is 1. The average Bonchev–Trinajstić information content (AvgIpc) is 2.52. The molecule has 0 amide bonds. The maximum absolute atomic E-state index is 8.94. The molecule has 0 fully saturated rings. The van der Waals surface area contributed by atoms with Crippen molar-refractivity contribution in [2.75, 3.05) is 18.4 Å². The SMILES string of the molecule is N#Cc1cccnc1NCCCNCc1cccnc1. The van der Waals surface area contributed by atoms with Crippen molar-refractivity contribution in [3.05, 3.63) is 54.0 Å². The monoisotopic (exact) mass is 267 g/mol. The average molecular weight is 267 g/mol. The van der Waals surface area contributed by atoms with Crippen LogP contribution in [0.4, 0.5) is 5.82 Å². The summed E-state index contributed by atoms with van der Waals surface area (Å²) in [7, 11) is 0. The molecule has 2 aromatic rings. The number of hydrogen-bond donors (Lipinski definition) is 2. The third-order valence-electron chi connectivity index (χ3n) is 2.80. The van der Waals surface area contributed by atoms with Gasteiger partial charge in [0.15, 0.2) is 0 Å². The van der Waals surface area contributed by atoms with E-state index in [2.05, 4.69) is 26.7 Å². The molecule has 0 unspecified atom stereocenters. The molecule has 2 rings (SSSR count). The summed E-state index contributed by atoms with van der Waals surface area (Å²) < 4.78 is 0. The fourth-order valence-corrected chi connectivity index (χ4v) is 1.79. The second-order valence-electron chi connectivity index (χ2n) is 4.33. The Bertz CT molecular complexity index is 562. The van der Waals surface area contributed by atoms with Crippen LogP contribution in [0.15, 0.2) is 42.9 Å². The molecular formula is C15H17N5. The number of nitrogens with zero attached hydrogens (tertiary/aromatic N) is 3. The first-order chi connectivity index (χ1) is 9.90. The van der Waals surface area contributed by atoms with Crippen LogP contribution in [0.1, 0.15) is 17.5 Å². The van der Waals surface area contributed by atoms with Crippen molar-refractivity contribution in [1.29, 1.82) is 5.26 Å². The smallest absolute Gasteiger partial charge is 0.143 e. The zero-order valence-corrected chi connectivity index (χ0v) is 11.2. The summed E-state index contributed by atoms with van der Waals surface area (Å²) in [6.07, 6.45) is 6.27. The van der Waals surface area contributed by atoms with Crippen molar-refractivity contribution >= 4 is 5.82 Å². The Morgan fingerprint density at radius 3 is 2.85 bits per heavy atom. The lowest BCUT2D eigenvalue weighted by molar-refractivity contribution is 0.661. The highest BCUT2D eigenvalue weighted by atomic mass is 15.0. The molecule has 0 aliphatic rings. The van der Waals surface area contributed by atoms with Crippen molar-refractivity contribution < 1.29 is 0 Å². The van der Waals surface area contributed by atoms with Gasteiger partial charge >= 0.3 is 0 Å². The van der Waals surface area contributed by atoms with Crippen LogP contribution in [0.3, 0.4) is 0 Å². The van der Waals surface area contributed by atoms with Gasteiger partial charge in [0.25, 0.3) is 0 Å². The summed E-state index contributed by atoms with van der Waals surface area (Å²) in [5.74, 6) is 0.655. The van der Waals surface area contributed by atoms with Crippen molar-refractivity contribution in [3.63, 3.8) is 0 Å². The largest absolute Gasteiger partial charge is 0.369 e. The second-order valence-corrected chi connectivity index (χ2v) is 4.33. The molecule has 0 saturated heterocycles. The van der Waals surface area contributed by atoms with E-state index in [0.29, 0.717) is 11.4 Å². The zero-order chi connectivity index (χ0) is 14.0. The van der Waals surface area contributed by atoms with E-state index in [0.717, 1.165) is 26.1 Å². The van der Waals surface area contributed by atoms with Crippen molar-refractivity contribution in [2.45, 2.75) is 13.0 Å². The van der Waals surface area contributed by atoms with Crippen LogP contribution >= 0.6 is 0 Å². The Balaban J connectivity index is 1.64. The molecule has 102 valence electrons. The molecule has 20 heavy (non-hydrogen) atoms. The lowest BCUT2D eigenvalue weighted by Crippen LogP contribution is -2.18. The van der Waals surface area contributed by atoms with E-state index in [4.69, 9.17) is 5.26 Å². The van der Waals surface area contributed by atoms with Crippen molar-refractivity contribution in [1.82, 2.24) is 15.3 Å². The van der Waals surface area contributed by atoms with Crippen molar-refractivity contribution in [2.24, 2.45) is 0 Å². The zero-order valence-electron chi connectivity index (χ0n) is 11.2. The van der Waals surface area contributed by atoms with Gasteiger partial charge in [-0.1, -0.05) is 6.07 Å². The molecule has 0 aromatic carbocycles. The van der Waals surface area contributed by atoms with E-state index in [-0.39, 0.29) is 0 Å². The van der Waals surface area contributed by atoms with Crippen LogP contribution < -0.4 is 10.6 Å². The standard InChI is InChI=1S/C15H17N5/c16-10-14-5-2-8-19-15(14)20-9-3-7-18-12-13-4-1-6-17-11-13/h1-2,4-6,8,11,18H,3,7,9,12H2,(H,19,20). The predicted molar refractivity (Wildman–Crippen MR) is 78.0 cm³/mol. The first kappa shape index (κ1) is 14.0. The van der Waals surface area contributed by atoms with E-state index in [1.807, 2.05) is 18.3 Å². The van der Waals surface area contributed by atoms with Gasteiger partial charge in [0.05, 0.1) is 5.56 Å². The molecule has 0 radical (unpaired) electrons. The van der Waals surface area contributed by atoms with Gasteiger partial charge in [-0.25, -0.2) is 4.98 Å². The Morgan fingerprint density at radius 1 is 1.15 bits per heavy atom. The van der Waals surface area contributed by atoms with E-state index in [1.54, 1.807) is 24.5 Å². The maximum Gasteiger partial charge on any atom is 0.143 e. The summed E-state index contributed by atoms with van der Waals surface area (Å²) in [6.45, 7) is 2.50. The minimum Gasteiger partial charge on any atom is -0.369 e. The van der Waals surface area contributed by atoms with Gasteiger partial charge in [-0.2, -0.15) is 5.26 Å². The number of nitriles is 1. The minimum absolute atomic E-state index is 0.579. The lowest BCUT2D eigenvalue weighted by atomic mass is 10.2. The fraction of sp³-hybridized carbons (Fsp3) is 0.267. The molecular weight excluding hydrogens is 250 g/mol. The fourth-order valence-electron chi connectivity index (χ4n) is 1.79. The van der Waals surface area contributed by atoms with Gasteiger partial charge in [-0.3, -0.25) is 4.98 Å². The van der Waals surface area contributed by atoms with Crippen LogP contribution in [0.2, 0.25) is 0 Å². The summed E-state index contributed by atoms with van der Waals surface area (Å²) in [5, 5.41) is 15.5. The third-order valence-corrected chi connectivity index (χ3v) is 2.80. The highest BCUT2D eigenvalue weighted by molar-refractivity contribution is 5.50. The highest BCUT2D eigenvalue weighted by Gasteiger charge is 2.00. The van der Waals surface area contributed by atoms with Gasteiger partial charge in [0.2, 0.25) is 0 Å². The summed E-state index contributed by atoms with van der Waals surface area (Å²) in [6, 6.07) is 9.63. The van der Waals surface area contributed by atoms with Crippen LogP contribution in [-0.4, -0.2) is 23.1 Å². The molecule has 0 aliphatic carbocycles. The predicted octanol–water partition coefficient (Wildman–Crippen LogP) is 1.94. The second kappa shape index (κ2) is 7.87. The van der Waals surface area contributed by atoms with E-state index in [1.165, 1.54) is 5.56 Å². The van der Waals surface area contributed by atoms with Gasteiger partial charge < -0.3 is 10.6 Å². The minimum atomic E-state index is 0.579. The molecule has 2 N–H and O–H groups in total. The van der Waals surface area contributed by atoms with Gasteiger partial charge in [-0.15, -0.1) is 0 Å². The normalized spacial score (nSPS) is 9.95. The molecule has 0 bridgehead atoms. The first-order valence-corrected chi connectivity index (χ1v) is 6.59. The number of pyridine rings is 2. The molecule has 5 heteroatoms. The van der Waals surface area contributed by atoms with Gasteiger partial charge in [0.1, 0.15) is 11.9 Å². The van der Waals surface area contributed by atoms with E-state index in [9.17, 15) is 0 Å². The number of rotatable bonds is 7. The topological polar surface area (TPSA) is 73.6 Å². The first-order valence-electron chi connectivity index (χ1n) is 6.59. The van der Waals surface area contributed by atoms with Gasteiger partial charge in [0, 0.05) is 31.7 Å². The molecule has 0 aliphatic heterocycles. The number of nitrogens with one attached hydrogen (secondary N) is 2. The summed E-state index contributed by atoms with van der Waals surface area (Å²) in [5.41, 5.74) is 1.76. The van der Waals surface area contributed by atoms with Crippen molar-refractivity contribution in [3.8, 4) is 6.07 Å². The summed E-state index contributed by atoms with van der Waals surface area (Å²) in [4.78, 5) is 8.22. The highest BCUT2D eigenvalue weighted by Crippen LogP contribution is 2.08. The third kappa shape index (κ3) is 4.34. The number of hydrogen-bond acceptors (Lipinski definition) is 5. The molecule has 0 atom stereocenters. The summed E-state index contributed by atoms with van der Waals surface area (Å²) >= 11 is 0. The molecule has 2 heterocycles. The molecule has 5 nitrogen and oxygen atoms in total.